The minimum absolute atomic E-state index is 0.621. The minimum Gasteiger partial charge on any atom is -0.345 e. The summed E-state index contributed by atoms with van der Waals surface area (Å²) in [7, 11) is 1.97. The molecule has 58 valence electrons. The minimum atomic E-state index is 0.621. The highest BCUT2D eigenvalue weighted by Crippen LogP contribution is 2.06. The molecule has 1 rings (SSSR count). The maximum Gasteiger partial charge on any atom is 0.209 e. The molecule has 0 aromatic rings. The maximum atomic E-state index is 10.3. The molecule has 1 heterocycles. The molecular formula is C7H14N2O. The second-order valence-corrected chi connectivity index (χ2v) is 2.70. The average molecular weight is 142 g/mol. The van der Waals surface area contributed by atoms with Gasteiger partial charge < -0.3 is 10.2 Å². The molecular weight excluding hydrogens is 128 g/mol. The van der Waals surface area contributed by atoms with Crippen molar-refractivity contribution in [3.63, 3.8) is 0 Å². The first-order valence-corrected chi connectivity index (χ1v) is 3.73. The number of nitrogens with zero attached hydrogens (tertiary/aromatic N) is 1. The Morgan fingerprint density at radius 1 is 1.50 bits per heavy atom. The van der Waals surface area contributed by atoms with Crippen LogP contribution in [0.5, 0.6) is 0 Å². The molecule has 1 N–H and O–H groups in total. The van der Waals surface area contributed by atoms with Gasteiger partial charge in [-0.25, -0.2) is 0 Å². The van der Waals surface area contributed by atoms with Crippen molar-refractivity contribution in [2.45, 2.75) is 18.9 Å². The predicted molar refractivity (Wildman–Crippen MR) is 39.7 cm³/mol. The van der Waals surface area contributed by atoms with Gasteiger partial charge in [-0.05, 0) is 19.9 Å². The highest BCUT2D eigenvalue weighted by Gasteiger charge is 2.15. The van der Waals surface area contributed by atoms with Gasteiger partial charge in [0.25, 0.3) is 0 Å². The van der Waals surface area contributed by atoms with Crippen molar-refractivity contribution in [3.8, 4) is 0 Å². The molecule has 0 aromatic heterocycles. The summed E-state index contributed by atoms with van der Waals surface area (Å²) in [6, 6.07) is 0.621. The Kier molecular flexibility index (Phi) is 2.68. The first-order valence-electron chi connectivity index (χ1n) is 3.73. The largest absolute Gasteiger partial charge is 0.345 e. The standard InChI is InChI=1S/C7H14N2O/c1-8-7-2-4-9(6-10)5-3-7/h6-8H,2-5H2,1H3. The Morgan fingerprint density at radius 3 is 2.50 bits per heavy atom. The first-order chi connectivity index (χ1) is 4.86. The van der Waals surface area contributed by atoms with Crippen molar-refractivity contribution in [3.05, 3.63) is 0 Å². The molecule has 0 bridgehead atoms. The Balaban J connectivity index is 2.23. The van der Waals surface area contributed by atoms with Gasteiger partial charge >= 0.3 is 0 Å². The Labute approximate surface area is 61.4 Å². The van der Waals surface area contributed by atoms with Crippen molar-refractivity contribution in [2.24, 2.45) is 0 Å². The average Bonchev–Trinajstić information content (AvgIpc) is 2.05. The number of carbonyl (C=O) groups is 1. The van der Waals surface area contributed by atoms with Crippen LogP contribution in [0.25, 0.3) is 0 Å². The van der Waals surface area contributed by atoms with Crippen LogP contribution in [0.3, 0.4) is 0 Å². The van der Waals surface area contributed by atoms with E-state index in [0.29, 0.717) is 6.04 Å². The van der Waals surface area contributed by atoms with Crippen molar-refractivity contribution in [2.75, 3.05) is 20.1 Å². The van der Waals surface area contributed by atoms with Gasteiger partial charge in [-0.3, -0.25) is 4.79 Å². The zero-order chi connectivity index (χ0) is 7.40. The second kappa shape index (κ2) is 3.56. The lowest BCUT2D eigenvalue weighted by Gasteiger charge is -2.28. The van der Waals surface area contributed by atoms with Gasteiger partial charge in [0.05, 0.1) is 0 Å². The number of piperidine rings is 1. The fraction of sp³-hybridized carbons (Fsp3) is 0.857. The third-order valence-electron chi connectivity index (χ3n) is 2.09. The van der Waals surface area contributed by atoms with Crippen LogP contribution in [-0.4, -0.2) is 37.5 Å². The highest BCUT2D eigenvalue weighted by molar-refractivity contribution is 5.47. The zero-order valence-corrected chi connectivity index (χ0v) is 6.34. The van der Waals surface area contributed by atoms with Crippen LogP contribution in [0, 0.1) is 0 Å². The lowest BCUT2D eigenvalue weighted by Crippen LogP contribution is -2.40. The second-order valence-electron chi connectivity index (χ2n) is 2.70. The number of carbonyl (C=O) groups excluding carboxylic acids is 1. The van der Waals surface area contributed by atoms with E-state index in [-0.39, 0.29) is 0 Å². The molecule has 0 radical (unpaired) electrons. The van der Waals surface area contributed by atoms with Gasteiger partial charge in [0.2, 0.25) is 6.41 Å². The summed E-state index contributed by atoms with van der Waals surface area (Å²) in [5, 5.41) is 3.21. The van der Waals surface area contributed by atoms with Crippen LogP contribution in [0.1, 0.15) is 12.8 Å². The predicted octanol–water partition coefficient (Wildman–Crippen LogP) is -0.173. The number of hydrogen-bond donors (Lipinski definition) is 1. The zero-order valence-electron chi connectivity index (χ0n) is 6.34. The SMILES string of the molecule is CNC1CCN(C=O)CC1. The lowest BCUT2D eigenvalue weighted by atomic mass is 10.1. The molecule has 1 aliphatic heterocycles. The number of nitrogens with one attached hydrogen (secondary N) is 1. The summed E-state index contributed by atoms with van der Waals surface area (Å²) in [5.74, 6) is 0. The number of hydrogen-bond acceptors (Lipinski definition) is 2. The summed E-state index contributed by atoms with van der Waals surface area (Å²) >= 11 is 0. The molecule has 0 spiro atoms. The molecule has 0 aromatic carbocycles. The molecule has 3 nitrogen and oxygen atoms in total. The fourth-order valence-electron chi connectivity index (χ4n) is 1.29. The number of rotatable bonds is 2. The van der Waals surface area contributed by atoms with Crippen molar-refractivity contribution in [1.82, 2.24) is 10.2 Å². The normalized spacial score (nSPS) is 21.1. The molecule has 0 atom stereocenters. The molecule has 1 saturated heterocycles. The molecule has 1 aliphatic rings. The van der Waals surface area contributed by atoms with Crippen LogP contribution in [0.15, 0.2) is 0 Å². The lowest BCUT2D eigenvalue weighted by molar-refractivity contribution is -0.119. The van der Waals surface area contributed by atoms with E-state index in [1.165, 1.54) is 0 Å². The molecule has 10 heavy (non-hydrogen) atoms. The summed E-state index contributed by atoms with van der Waals surface area (Å²) in [6.07, 6.45) is 3.12. The van der Waals surface area contributed by atoms with Gasteiger partial charge in [0.1, 0.15) is 0 Å². The summed E-state index contributed by atoms with van der Waals surface area (Å²) in [6.45, 7) is 1.82. The van der Waals surface area contributed by atoms with Crippen LogP contribution < -0.4 is 5.32 Å². The van der Waals surface area contributed by atoms with Crippen LogP contribution >= 0.6 is 0 Å². The van der Waals surface area contributed by atoms with E-state index >= 15 is 0 Å². The van der Waals surface area contributed by atoms with E-state index in [0.717, 1.165) is 32.3 Å². The molecule has 1 fully saturated rings. The topological polar surface area (TPSA) is 32.3 Å². The summed E-state index contributed by atoms with van der Waals surface area (Å²) in [5.41, 5.74) is 0. The van der Waals surface area contributed by atoms with E-state index in [9.17, 15) is 4.79 Å². The van der Waals surface area contributed by atoms with Gasteiger partial charge in [-0.2, -0.15) is 0 Å². The van der Waals surface area contributed by atoms with Gasteiger partial charge in [-0.15, -0.1) is 0 Å². The van der Waals surface area contributed by atoms with E-state index in [4.69, 9.17) is 0 Å². The maximum absolute atomic E-state index is 10.3. The van der Waals surface area contributed by atoms with E-state index in [1.807, 2.05) is 11.9 Å². The van der Waals surface area contributed by atoms with Crippen LogP contribution in [0.2, 0.25) is 0 Å². The molecule has 0 unspecified atom stereocenters. The summed E-state index contributed by atoms with van der Waals surface area (Å²) in [4.78, 5) is 12.1. The fourth-order valence-corrected chi connectivity index (χ4v) is 1.29. The van der Waals surface area contributed by atoms with Crippen molar-refractivity contribution in [1.29, 1.82) is 0 Å². The van der Waals surface area contributed by atoms with Crippen LogP contribution in [0.4, 0.5) is 0 Å². The third-order valence-corrected chi connectivity index (χ3v) is 2.09. The number of likely N-dealkylation sites (tertiary alicyclic amines) is 1. The highest BCUT2D eigenvalue weighted by atomic mass is 16.1. The molecule has 0 saturated carbocycles. The smallest absolute Gasteiger partial charge is 0.209 e. The van der Waals surface area contributed by atoms with Gasteiger partial charge in [0, 0.05) is 19.1 Å². The Hall–Kier alpha value is -0.570. The Bertz CT molecular complexity index is 108. The van der Waals surface area contributed by atoms with E-state index in [2.05, 4.69) is 5.32 Å². The van der Waals surface area contributed by atoms with E-state index < -0.39 is 0 Å². The molecule has 0 aliphatic carbocycles. The molecule has 3 heteroatoms. The third kappa shape index (κ3) is 1.70. The monoisotopic (exact) mass is 142 g/mol. The van der Waals surface area contributed by atoms with E-state index in [1.54, 1.807) is 0 Å². The number of amides is 1. The summed E-state index contributed by atoms with van der Waals surface area (Å²) < 4.78 is 0. The first kappa shape index (κ1) is 7.54. The van der Waals surface area contributed by atoms with Crippen molar-refractivity contribution < 1.29 is 4.79 Å². The quantitative estimate of drug-likeness (QED) is 0.543. The van der Waals surface area contributed by atoms with Gasteiger partial charge in [0.15, 0.2) is 0 Å². The van der Waals surface area contributed by atoms with Crippen LogP contribution in [-0.2, 0) is 4.79 Å². The van der Waals surface area contributed by atoms with Crippen molar-refractivity contribution >= 4 is 6.41 Å². The van der Waals surface area contributed by atoms with Gasteiger partial charge in [-0.1, -0.05) is 0 Å². The Morgan fingerprint density at radius 2 is 2.10 bits per heavy atom. The molecule has 1 amide bonds.